The standard InChI is InChI=1S/C21H21BrN2O/c1-3-11-24(19-9-8-18(22)12-15(2)13-19)21(25)17-7-6-16-5-4-10-23-20(16)14-17/h4-10,12-14,18H,3,11H2,1-2H3. The molecule has 4 heteroatoms. The summed E-state index contributed by atoms with van der Waals surface area (Å²) in [5.74, 6) is 0.00567. The summed E-state index contributed by atoms with van der Waals surface area (Å²) in [6.45, 7) is 4.81. The highest BCUT2D eigenvalue weighted by molar-refractivity contribution is 9.09. The van der Waals surface area contributed by atoms with E-state index in [1.165, 1.54) is 0 Å². The molecule has 0 bridgehead atoms. The van der Waals surface area contributed by atoms with Gasteiger partial charge in [-0.1, -0.05) is 52.7 Å². The molecule has 1 aliphatic carbocycles. The number of nitrogens with zero attached hydrogens (tertiary/aromatic N) is 2. The normalized spacial score (nSPS) is 17.0. The van der Waals surface area contributed by atoms with Gasteiger partial charge < -0.3 is 4.90 Å². The average Bonchev–Trinajstić information content (AvgIpc) is 2.78. The van der Waals surface area contributed by atoms with Gasteiger partial charge in [-0.2, -0.15) is 0 Å². The topological polar surface area (TPSA) is 33.2 Å². The second-order valence-corrected chi connectivity index (χ2v) is 7.21. The van der Waals surface area contributed by atoms with E-state index in [1.807, 2.05) is 41.3 Å². The summed E-state index contributed by atoms with van der Waals surface area (Å²) >= 11 is 3.60. The van der Waals surface area contributed by atoms with Crippen LogP contribution in [0.2, 0.25) is 0 Å². The number of benzene rings is 1. The molecule has 1 aliphatic rings. The van der Waals surface area contributed by atoms with Crippen LogP contribution in [0.1, 0.15) is 30.6 Å². The molecule has 128 valence electrons. The Labute approximate surface area is 156 Å². The van der Waals surface area contributed by atoms with Crippen molar-refractivity contribution in [2.24, 2.45) is 0 Å². The Balaban J connectivity index is 1.97. The van der Waals surface area contributed by atoms with E-state index in [2.05, 4.69) is 53.0 Å². The van der Waals surface area contributed by atoms with Gasteiger partial charge in [0.2, 0.25) is 0 Å². The van der Waals surface area contributed by atoms with Gasteiger partial charge in [0.25, 0.3) is 5.91 Å². The maximum Gasteiger partial charge on any atom is 0.258 e. The van der Waals surface area contributed by atoms with Gasteiger partial charge in [0, 0.05) is 29.4 Å². The van der Waals surface area contributed by atoms with Crippen molar-refractivity contribution in [3.63, 3.8) is 0 Å². The van der Waals surface area contributed by atoms with E-state index in [1.54, 1.807) is 6.20 Å². The Hall–Kier alpha value is -2.20. The molecule has 1 heterocycles. The molecule has 0 radical (unpaired) electrons. The molecule has 2 aromatic rings. The fourth-order valence-electron chi connectivity index (χ4n) is 2.92. The lowest BCUT2D eigenvalue weighted by atomic mass is 10.1. The number of amides is 1. The molecule has 0 aliphatic heterocycles. The molecule has 1 aromatic heterocycles. The van der Waals surface area contributed by atoms with Gasteiger partial charge in [-0.15, -0.1) is 0 Å². The Morgan fingerprint density at radius 3 is 2.96 bits per heavy atom. The van der Waals surface area contributed by atoms with Gasteiger partial charge in [0.1, 0.15) is 0 Å². The first-order valence-corrected chi connectivity index (χ1v) is 9.39. The first-order chi connectivity index (χ1) is 12.1. The van der Waals surface area contributed by atoms with Crippen LogP contribution in [0.5, 0.6) is 0 Å². The van der Waals surface area contributed by atoms with Crippen LogP contribution in [0.3, 0.4) is 0 Å². The number of carbonyl (C=O) groups is 1. The second-order valence-electron chi connectivity index (χ2n) is 6.15. The molecule has 3 nitrogen and oxygen atoms in total. The summed E-state index contributed by atoms with van der Waals surface area (Å²) in [7, 11) is 0. The average molecular weight is 397 g/mol. The highest BCUT2D eigenvalue weighted by Crippen LogP contribution is 2.22. The van der Waals surface area contributed by atoms with Crippen LogP contribution in [-0.2, 0) is 0 Å². The zero-order valence-electron chi connectivity index (χ0n) is 14.4. The molecule has 3 rings (SSSR count). The van der Waals surface area contributed by atoms with E-state index in [0.29, 0.717) is 12.1 Å². The number of aromatic nitrogens is 1. The summed E-state index contributed by atoms with van der Waals surface area (Å²) in [5, 5.41) is 1.04. The molecular formula is C21H21BrN2O. The minimum atomic E-state index is 0.00567. The minimum Gasteiger partial charge on any atom is -0.308 e. The first-order valence-electron chi connectivity index (χ1n) is 8.47. The van der Waals surface area contributed by atoms with E-state index in [9.17, 15) is 4.79 Å². The van der Waals surface area contributed by atoms with Crippen LogP contribution in [0, 0.1) is 0 Å². The zero-order chi connectivity index (χ0) is 17.8. The van der Waals surface area contributed by atoms with E-state index in [-0.39, 0.29) is 10.7 Å². The van der Waals surface area contributed by atoms with E-state index in [0.717, 1.165) is 28.6 Å². The Bertz CT molecular complexity index is 882. The van der Waals surface area contributed by atoms with Crippen LogP contribution in [-0.4, -0.2) is 27.2 Å². The molecule has 1 unspecified atom stereocenters. The van der Waals surface area contributed by atoms with Crippen molar-refractivity contribution in [1.82, 2.24) is 9.88 Å². The lowest BCUT2D eigenvalue weighted by molar-refractivity contribution is 0.0811. The number of carbonyl (C=O) groups excluding carboxylic acids is 1. The molecule has 0 N–H and O–H groups in total. The second kappa shape index (κ2) is 7.79. The molecule has 1 atom stereocenters. The fraction of sp³-hybridized carbons (Fsp3) is 0.238. The minimum absolute atomic E-state index is 0.00567. The molecule has 25 heavy (non-hydrogen) atoms. The van der Waals surface area contributed by atoms with Gasteiger partial charge >= 0.3 is 0 Å². The molecule has 0 saturated heterocycles. The van der Waals surface area contributed by atoms with Crippen molar-refractivity contribution in [2.45, 2.75) is 25.1 Å². The number of hydrogen-bond donors (Lipinski definition) is 0. The number of pyridine rings is 1. The number of rotatable bonds is 4. The first kappa shape index (κ1) is 17.6. The molecular weight excluding hydrogens is 376 g/mol. The number of halogens is 1. The largest absolute Gasteiger partial charge is 0.308 e. The summed E-state index contributed by atoms with van der Waals surface area (Å²) in [5.41, 5.74) is 3.56. The molecule has 0 spiro atoms. The number of fused-ring (bicyclic) bond motifs is 1. The fourth-order valence-corrected chi connectivity index (χ4v) is 3.49. The number of allylic oxidation sites excluding steroid dienone is 5. The third kappa shape index (κ3) is 4.07. The Morgan fingerprint density at radius 2 is 2.16 bits per heavy atom. The quantitative estimate of drug-likeness (QED) is 0.661. The Kier molecular flexibility index (Phi) is 5.49. The third-order valence-corrected chi connectivity index (χ3v) is 4.67. The maximum atomic E-state index is 13.2. The summed E-state index contributed by atoms with van der Waals surface area (Å²) in [4.78, 5) is 19.6. The van der Waals surface area contributed by atoms with Gasteiger partial charge in [-0.3, -0.25) is 9.78 Å². The lowest BCUT2D eigenvalue weighted by Gasteiger charge is -2.23. The molecule has 1 amide bonds. The maximum absolute atomic E-state index is 13.2. The van der Waals surface area contributed by atoms with Crippen molar-refractivity contribution >= 4 is 32.7 Å². The monoisotopic (exact) mass is 396 g/mol. The van der Waals surface area contributed by atoms with Crippen LogP contribution in [0.15, 0.2) is 72.1 Å². The highest BCUT2D eigenvalue weighted by Gasteiger charge is 2.19. The van der Waals surface area contributed by atoms with E-state index in [4.69, 9.17) is 0 Å². The zero-order valence-corrected chi connectivity index (χ0v) is 16.0. The van der Waals surface area contributed by atoms with Crippen molar-refractivity contribution < 1.29 is 4.79 Å². The van der Waals surface area contributed by atoms with Crippen LogP contribution >= 0.6 is 15.9 Å². The van der Waals surface area contributed by atoms with Gasteiger partial charge in [0.05, 0.1) is 10.3 Å². The lowest BCUT2D eigenvalue weighted by Crippen LogP contribution is -2.30. The summed E-state index contributed by atoms with van der Waals surface area (Å²) in [6, 6.07) is 9.61. The van der Waals surface area contributed by atoms with Crippen LogP contribution in [0.4, 0.5) is 0 Å². The third-order valence-electron chi connectivity index (χ3n) is 4.11. The highest BCUT2D eigenvalue weighted by atomic mass is 79.9. The van der Waals surface area contributed by atoms with E-state index < -0.39 is 0 Å². The molecule has 0 saturated carbocycles. The van der Waals surface area contributed by atoms with Crippen molar-refractivity contribution in [1.29, 1.82) is 0 Å². The van der Waals surface area contributed by atoms with E-state index >= 15 is 0 Å². The summed E-state index contributed by atoms with van der Waals surface area (Å²) in [6.07, 6.45) is 10.9. The van der Waals surface area contributed by atoms with Crippen LogP contribution < -0.4 is 0 Å². The SMILES string of the molecule is CCCN(C(=O)c1ccc2cccnc2c1)C1=CC(C)=CC(Br)C=C1. The Morgan fingerprint density at radius 1 is 1.32 bits per heavy atom. The number of hydrogen-bond acceptors (Lipinski definition) is 2. The number of alkyl halides is 1. The summed E-state index contributed by atoms with van der Waals surface area (Å²) < 4.78 is 0. The van der Waals surface area contributed by atoms with Gasteiger partial charge in [-0.25, -0.2) is 0 Å². The van der Waals surface area contributed by atoms with Crippen LogP contribution in [0.25, 0.3) is 10.9 Å². The molecule has 1 aromatic carbocycles. The predicted molar refractivity (Wildman–Crippen MR) is 107 cm³/mol. The smallest absolute Gasteiger partial charge is 0.258 e. The predicted octanol–water partition coefficient (Wildman–Crippen LogP) is 5.25. The molecule has 0 fully saturated rings. The van der Waals surface area contributed by atoms with Crippen molar-refractivity contribution in [2.75, 3.05) is 6.54 Å². The van der Waals surface area contributed by atoms with Crippen molar-refractivity contribution in [3.8, 4) is 0 Å². The van der Waals surface area contributed by atoms with Gasteiger partial charge in [-0.05, 0) is 43.7 Å². The van der Waals surface area contributed by atoms with Crippen molar-refractivity contribution in [3.05, 3.63) is 77.7 Å². The van der Waals surface area contributed by atoms with Gasteiger partial charge in [0.15, 0.2) is 0 Å².